The van der Waals surface area contributed by atoms with Gasteiger partial charge in [-0.3, -0.25) is 0 Å². The molecule has 0 radical (unpaired) electrons. The van der Waals surface area contributed by atoms with Crippen molar-refractivity contribution in [1.29, 1.82) is 0 Å². The molecule has 0 heterocycles. The molecule has 0 spiro atoms. The Morgan fingerprint density at radius 1 is 1.57 bits per heavy atom. The van der Waals surface area contributed by atoms with Gasteiger partial charge >= 0.3 is 0 Å². The Hall–Kier alpha value is 0.460. The highest BCUT2D eigenvalue weighted by Crippen LogP contribution is 1.68. The van der Waals surface area contributed by atoms with Crippen LogP contribution < -0.4 is 0 Å². The number of hydrogen-bond donors (Lipinski definition) is 2. The van der Waals surface area contributed by atoms with Crippen molar-refractivity contribution in [2.45, 2.75) is 0 Å². The summed E-state index contributed by atoms with van der Waals surface area (Å²) in [6.45, 7) is 0. The Bertz CT molecular complexity index is 77.7. The first-order valence-corrected chi connectivity index (χ1v) is 2.73. The predicted octanol–water partition coefficient (Wildman–Crippen LogP) is 1.78. The summed E-state index contributed by atoms with van der Waals surface area (Å²) in [5, 5.41) is 7.65. The summed E-state index contributed by atoms with van der Waals surface area (Å²) in [4.78, 5) is 0. The maximum Gasteiger partial charge on any atom is 0.214 e. The summed E-state index contributed by atoms with van der Waals surface area (Å²) in [7, 11) is 0. The summed E-state index contributed by atoms with van der Waals surface area (Å²) < 4.78 is 1.61. The van der Waals surface area contributed by atoms with Crippen LogP contribution in [0.1, 0.15) is 0 Å². The van der Waals surface area contributed by atoms with Crippen molar-refractivity contribution in [2.75, 3.05) is 0 Å². The maximum absolute atomic E-state index is 7.65. The topological polar surface area (TPSA) is 20.2 Å². The highest BCUT2D eigenvalue weighted by Gasteiger charge is 1.59. The van der Waals surface area contributed by atoms with Crippen LogP contribution in [0, 0.1) is 0 Å². The van der Waals surface area contributed by atoms with E-state index in [1.807, 2.05) is 4.31 Å². The minimum Gasteiger partial charge on any atom is -0.494 e. The lowest BCUT2D eigenvalue weighted by atomic mass is 11.7. The lowest BCUT2D eigenvalue weighted by Gasteiger charge is -1.63. The molecule has 0 aliphatic carbocycles. The van der Waals surface area contributed by atoms with Crippen LogP contribution in [0.4, 0.5) is 0 Å². The van der Waals surface area contributed by atoms with Crippen molar-refractivity contribution in [2.24, 2.45) is 0 Å². The van der Waals surface area contributed by atoms with Gasteiger partial charge in [0, 0.05) is 4.31 Å². The molecule has 0 aromatic rings. The van der Waals surface area contributed by atoms with Crippen LogP contribution in [0.25, 0.3) is 0 Å². The molecule has 0 aliphatic rings. The van der Waals surface area contributed by atoms with Crippen LogP contribution in [-0.2, 0) is 0 Å². The van der Waals surface area contributed by atoms with E-state index in [0.717, 1.165) is 0 Å². The second kappa shape index (κ2) is 9.68. The van der Waals surface area contributed by atoms with Gasteiger partial charge in [0.15, 0.2) is 0 Å². The minimum atomic E-state index is -0.306. The van der Waals surface area contributed by atoms with Gasteiger partial charge in [0.25, 0.3) is 0 Å². The Balaban J connectivity index is 0. The molecule has 1 nitrogen and oxygen atoms in total. The predicted molar refractivity (Wildman–Crippen MR) is 44.4 cm³/mol. The molecule has 0 saturated carbocycles. The van der Waals surface area contributed by atoms with E-state index in [-0.39, 0.29) is 4.38 Å². The van der Waals surface area contributed by atoms with Crippen LogP contribution in [0.2, 0.25) is 0 Å². The van der Waals surface area contributed by atoms with Gasteiger partial charge in [-0.2, -0.15) is 0 Å². The average Bonchev–Trinajstić information content (AvgIpc) is 1.33. The second-order valence-corrected chi connectivity index (χ2v) is 2.15. The summed E-state index contributed by atoms with van der Waals surface area (Å²) in [6.07, 6.45) is 0. The molecule has 0 atom stereocenters. The van der Waals surface area contributed by atoms with Gasteiger partial charge in [0.05, 0.1) is 0 Å². The quantitative estimate of drug-likeness (QED) is 0.426. The molecule has 5 heteroatoms. The largest absolute Gasteiger partial charge is 0.494 e. The number of thiocarbonyl (C=S) groups is 3. The molecule has 1 N–H and O–H groups in total. The number of rotatable bonds is 0. The van der Waals surface area contributed by atoms with Crippen LogP contribution in [0.5, 0.6) is 0 Å². The maximum atomic E-state index is 7.65. The monoisotopic (exact) mass is 170 g/mol. The number of hydrogen-bond acceptors (Lipinski definition) is 3. The van der Waals surface area contributed by atoms with Crippen molar-refractivity contribution in [3.8, 4) is 0 Å². The number of aliphatic hydroxyl groups excluding tert-OH is 1. The first-order valence-electron chi connectivity index (χ1n) is 1.06. The standard InChI is InChI=1S/CH2OS2.CS2/c2-1(3)4;2-1-3/h(H2,2,3,4);. The third-order valence-corrected chi connectivity index (χ3v) is 0. The zero-order chi connectivity index (χ0) is 6.28. The first kappa shape index (κ1) is 10.4. The molecule has 0 saturated heterocycles. The van der Waals surface area contributed by atoms with Gasteiger partial charge in [-0.15, -0.1) is 0 Å². The molecule has 0 amide bonds. The number of aliphatic hydroxyl groups is 1. The highest BCUT2D eigenvalue weighted by molar-refractivity contribution is 8.10. The normalized spacial score (nSPS) is 4.71. The van der Waals surface area contributed by atoms with Crippen LogP contribution in [0.15, 0.2) is 0 Å². The van der Waals surface area contributed by atoms with Gasteiger partial charge in [-0.1, -0.05) is 12.6 Å². The minimum absolute atomic E-state index is 0.306. The van der Waals surface area contributed by atoms with E-state index < -0.39 is 0 Å². The molecule has 0 aromatic carbocycles. The summed E-state index contributed by atoms with van der Waals surface area (Å²) in [6, 6.07) is 0. The Kier molecular flexibility index (Phi) is 14.4. The molecule has 0 unspecified atom stereocenters. The van der Waals surface area contributed by atoms with Crippen molar-refractivity contribution in [3.63, 3.8) is 0 Å². The van der Waals surface area contributed by atoms with E-state index in [1.165, 1.54) is 0 Å². The summed E-state index contributed by atoms with van der Waals surface area (Å²) in [5.74, 6) is 0. The van der Waals surface area contributed by atoms with Gasteiger partial charge in [0.2, 0.25) is 4.38 Å². The third-order valence-electron chi connectivity index (χ3n) is 0. The first-order chi connectivity index (χ1) is 3.15. The lowest BCUT2D eigenvalue weighted by Crippen LogP contribution is -1.66. The highest BCUT2D eigenvalue weighted by atomic mass is 32.1. The molecule has 40 valence electrons. The SMILES string of the molecule is OC(=S)S.S=C=S. The van der Waals surface area contributed by atoms with Gasteiger partial charge in [-0.05, 0) is 36.7 Å². The lowest BCUT2D eigenvalue weighted by molar-refractivity contribution is 0.586. The fourth-order valence-corrected chi connectivity index (χ4v) is 0. The summed E-state index contributed by atoms with van der Waals surface area (Å²) >= 11 is 15.1. The van der Waals surface area contributed by atoms with Crippen LogP contribution >= 0.6 is 49.3 Å². The third kappa shape index (κ3) is 607. The smallest absolute Gasteiger partial charge is 0.214 e. The molecule has 0 aliphatic heterocycles. The molecular formula is C2H2OS4. The van der Waals surface area contributed by atoms with E-state index in [0.29, 0.717) is 0 Å². The van der Waals surface area contributed by atoms with E-state index in [4.69, 9.17) is 5.11 Å². The van der Waals surface area contributed by atoms with Gasteiger partial charge in [0.1, 0.15) is 0 Å². The van der Waals surface area contributed by atoms with E-state index in [1.54, 1.807) is 0 Å². The fourth-order valence-electron chi connectivity index (χ4n) is 0. The summed E-state index contributed by atoms with van der Waals surface area (Å²) in [5.41, 5.74) is 0. The molecule has 0 rings (SSSR count). The Morgan fingerprint density at radius 2 is 1.57 bits per heavy atom. The van der Waals surface area contributed by atoms with E-state index in [2.05, 4.69) is 49.3 Å². The molecule has 7 heavy (non-hydrogen) atoms. The van der Waals surface area contributed by atoms with Crippen LogP contribution in [-0.4, -0.2) is 13.8 Å². The van der Waals surface area contributed by atoms with E-state index >= 15 is 0 Å². The van der Waals surface area contributed by atoms with Crippen molar-refractivity contribution >= 4 is 58.0 Å². The average molecular weight is 170 g/mol. The number of thiol groups is 1. The van der Waals surface area contributed by atoms with Crippen molar-refractivity contribution < 1.29 is 5.11 Å². The van der Waals surface area contributed by atoms with Gasteiger partial charge < -0.3 is 5.11 Å². The Labute approximate surface area is 63.1 Å². The Morgan fingerprint density at radius 3 is 1.57 bits per heavy atom. The molecule has 0 bridgehead atoms. The van der Waals surface area contributed by atoms with Crippen LogP contribution in [0.3, 0.4) is 0 Å². The molecular weight excluding hydrogens is 168 g/mol. The molecule has 0 aromatic heterocycles. The fraction of sp³-hybridized carbons (Fsp3) is 0. The van der Waals surface area contributed by atoms with E-state index in [9.17, 15) is 0 Å². The van der Waals surface area contributed by atoms with Crippen molar-refractivity contribution in [3.05, 3.63) is 0 Å². The molecule has 0 fully saturated rings. The zero-order valence-electron chi connectivity index (χ0n) is 3.12. The van der Waals surface area contributed by atoms with Crippen molar-refractivity contribution in [1.82, 2.24) is 0 Å². The zero-order valence-corrected chi connectivity index (χ0v) is 6.46. The second-order valence-electron chi connectivity index (χ2n) is 0.366. The van der Waals surface area contributed by atoms with Gasteiger partial charge in [-0.25, -0.2) is 0 Å².